The van der Waals surface area contributed by atoms with E-state index in [2.05, 4.69) is 9.97 Å². The number of aliphatic carboxylic acids is 1. The van der Waals surface area contributed by atoms with Crippen LogP contribution in [0.15, 0.2) is 39.0 Å². The van der Waals surface area contributed by atoms with Crippen molar-refractivity contribution in [1.82, 2.24) is 19.1 Å². The molecule has 0 aliphatic rings. The van der Waals surface area contributed by atoms with Crippen molar-refractivity contribution in [2.75, 3.05) is 5.75 Å². The SMILES string of the molecule is Cn1c(=O)[nH]c(=O)c2c1nc(SCCC(=O)O)n2Cc1ccc(Cl)cc1. The summed E-state index contributed by atoms with van der Waals surface area (Å²) in [7, 11) is 1.52. The van der Waals surface area contributed by atoms with E-state index in [1.165, 1.54) is 23.4 Å². The molecule has 0 radical (unpaired) electrons. The fourth-order valence-electron chi connectivity index (χ4n) is 2.47. The highest BCUT2D eigenvalue weighted by molar-refractivity contribution is 7.99. The third-order valence-corrected chi connectivity index (χ3v) is 5.00. The number of hydrogen-bond acceptors (Lipinski definition) is 5. The Hall–Kier alpha value is -2.52. The lowest BCUT2D eigenvalue weighted by atomic mass is 10.2. The molecular weight excluding hydrogens is 380 g/mol. The van der Waals surface area contributed by atoms with Crippen LogP contribution in [0.3, 0.4) is 0 Å². The number of thioether (sulfide) groups is 1. The predicted molar refractivity (Wildman–Crippen MR) is 99.1 cm³/mol. The fourth-order valence-corrected chi connectivity index (χ4v) is 3.52. The molecule has 0 spiro atoms. The third kappa shape index (κ3) is 3.68. The first-order valence-electron chi connectivity index (χ1n) is 7.65. The minimum absolute atomic E-state index is 0.0376. The van der Waals surface area contributed by atoms with Gasteiger partial charge in [-0.2, -0.15) is 0 Å². The van der Waals surface area contributed by atoms with Crippen molar-refractivity contribution in [3.63, 3.8) is 0 Å². The summed E-state index contributed by atoms with van der Waals surface area (Å²) in [6, 6.07) is 7.15. The van der Waals surface area contributed by atoms with Gasteiger partial charge in [-0.3, -0.25) is 19.1 Å². The molecule has 0 bridgehead atoms. The quantitative estimate of drug-likeness (QED) is 0.615. The number of benzene rings is 1. The maximum atomic E-state index is 12.4. The second kappa shape index (κ2) is 7.38. The van der Waals surface area contributed by atoms with Crippen molar-refractivity contribution in [1.29, 1.82) is 0 Å². The van der Waals surface area contributed by atoms with E-state index in [4.69, 9.17) is 16.7 Å². The summed E-state index contributed by atoms with van der Waals surface area (Å²) in [5.41, 5.74) is 0.322. The van der Waals surface area contributed by atoms with Crippen LogP contribution in [0.5, 0.6) is 0 Å². The van der Waals surface area contributed by atoms with Gasteiger partial charge in [-0.1, -0.05) is 35.5 Å². The van der Waals surface area contributed by atoms with Gasteiger partial charge < -0.3 is 9.67 Å². The number of hydrogen-bond donors (Lipinski definition) is 2. The van der Waals surface area contributed by atoms with Crippen LogP contribution in [-0.4, -0.2) is 35.9 Å². The van der Waals surface area contributed by atoms with E-state index in [9.17, 15) is 14.4 Å². The van der Waals surface area contributed by atoms with E-state index in [0.29, 0.717) is 22.5 Å². The molecule has 0 saturated heterocycles. The summed E-state index contributed by atoms with van der Waals surface area (Å²) >= 11 is 7.13. The van der Waals surface area contributed by atoms with Gasteiger partial charge in [0, 0.05) is 17.8 Å². The molecule has 0 aliphatic carbocycles. The average molecular weight is 395 g/mol. The molecule has 136 valence electrons. The monoisotopic (exact) mass is 394 g/mol. The van der Waals surface area contributed by atoms with E-state index < -0.39 is 17.2 Å². The molecule has 2 aromatic heterocycles. The highest BCUT2D eigenvalue weighted by Crippen LogP contribution is 2.23. The van der Waals surface area contributed by atoms with Gasteiger partial charge in [-0.25, -0.2) is 9.78 Å². The Kier molecular flexibility index (Phi) is 5.19. The number of carbonyl (C=O) groups is 1. The molecule has 3 aromatic rings. The Morgan fingerprint density at radius 1 is 1.31 bits per heavy atom. The molecule has 10 heteroatoms. The van der Waals surface area contributed by atoms with Crippen LogP contribution in [0, 0.1) is 0 Å². The Labute approximate surface area is 156 Å². The second-order valence-electron chi connectivity index (χ2n) is 5.59. The van der Waals surface area contributed by atoms with Crippen molar-refractivity contribution in [2.45, 2.75) is 18.1 Å². The normalized spacial score (nSPS) is 11.2. The van der Waals surface area contributed by atoms with Gasteiger partial charge in [0.1, 0.15) is 0 Å². The van der Waals surface area contributed by atoms with Crippen LogP contribution in [0.25, 0.3) is 11.2 Å². The number of aromatic nitrogens is 4. The van der Waals surface area contributed by atoms with Gasteiger partial charge in [-0.05, 0) is 17.7 Å². The summed E-state index contributed by atoms with van der Waals surface area (Å²) < 4.78 is 2.94. The first-order chi connectivity index (χ1) is 12.4. The van der Waals surface area contributed by atoms with Gasteiger partial charge >= 0.3 is 11.7 Å². The molecule has 0 aliphatic heterocycles. The van der Waals surface area contributed by atoms with Crippen LogP contribution < -0.4 is 11.2 Å². The van der Waals surface area contributed by atoms with Crippen LogP contribution in [0.1, 0.15) is 12.0 Å². The van der Waals surface area contributed by atoms with E-state index in [1.54, 1.807) is 16.7 Å². The molecule has 2 N–H and O–H groups in total. The van der Waals surface area contributed by atoms with E-state index in [-0.39, 0.29) is 17.6 Å². The zero-order chi connectivity index (χ0) is 18.8. The lowest BCUT2D eigenvalue weighted by molar-refractivity contribution is -0.136. The molecule has 0 amide bonds. The second-order valence-corrected chi connectivity index (χ2v) is 7.09. The smallest absolute Gasteiger partial charge is 0.329 e. The van der Waals surface area contributed by atoms with Crippen LogP contribution in [0.4, 0.5) is 0 Å². The van der Waals surface area contributed by atoms with Crippen molar-refractivity contribution in [3.05, 3.63) is 55.7 Å². The number of aromatic amines is 1. The van der Waals surface area contributed by atoms with Crippen molar-refractivity contribution >= 4 is 40.5 Å². The number of fused-ring (bicyclic) bond motifs is 1. The molecule has 3 rings (SSSR count). The highest BCUT2D eigenvalue weighted by Gasteiger charge is 2.18. The maximum Gasteiger partial charge on any atom is 0.329 e. The highest BCUT2D eigenvalue weighted by atomic mass is 35.5. The van der Waals surface area contributed by atoms with Crippen molar-refractivity contribution < 1.29 is 9.90 Å². The predicted octanol–water partition coefficient (Wildman–Crippen LogP) is 1.69. The number of rotatable bonds is 6. The average Bonchev–Trinajstić information content (AvgIpc) is 2.94. The Bertz CT molecular complexity index is 1080. The molecule has 0 atom stereocenters. The number of nitrogens with one attached hydrogen (secondary N) is 1. The number of imidazole rings is 1. The number of carboxylic acid groups (broad SMARTS) is 1. The molecule has 1 aromatic carbocycles. The van der Waals surface area contributed by atoms with Crippen LogP contribution >= 0.6 is 23.4 Å². The standard InChI is InChI=1S/C16H15ClN4O4S/c1-20-13-12(14(24)19-15(20)25)21(8-9-2-4-10(17)5-3-9)16(18-13)26-7-6-11(22)23/h2-5H,6-8H2,1H3,(H,22,23)(H,19,24,25). The van der Waals surface area contributed by atoms with E-state index >= 15 is 0 Å². The molecule has 0 unspecified atom stereocenters. The Balaban J connectivity index is 2.11. The molecule has 0 fully saturated rings. The lowest BCUT2D eigenvalue weighted by Gasteiger charge is -2.08. The van der Waals surface area contributed by atoms with Gasteiger partial charge in [-0.15, -0.1) is 0 Å². The molecule has 2 heterocycles. The summed E-state index contributed by atoms with van der Waals surface area (Å²) in [4.78, 5) is 41.6. The molecule has 8 nitrogen and oxygen atoms in total. The van der Waals surface area contributed by atoms with Crippen LogP contribution in [0.2, 0.25) is 5.02 Å². The minimum atomic E-state index is -0.914. The largest absolute Gasteiger partial charge is 0.481 e. The zero-order valence-corrected chi connectivity index (χ0v) is 15.3. The summed E-state index contributed by atoms with van der Waals surface area (Å²) in [5, 5.41) is 9.91. The zero-order valence-electron chi connectivity index (χ0n) is 13.7. The minimum Gasteiger partial charge on any atom is -0.481 e. The fraction of sp³-hybridized carbons (Fsp3) is 0.250. The molecule has 26 heavy (non-hydrogen) atoms. The molecule has 0 saturated carbocycles. The summed E-state index contributed by atoms with van der Waals surface area (Å²) in [6.45, 7) is 0.338. The van der Waals surface area contributed by atoms with E-state index in [0.717, 1.165) is 5.56 Å². The van der Waals surface area contributed by atoms with Gasteiger partial charge in [0.2, 0.25) is 0 Å². The van der Waals surface area contributed by atoms with Gasteiger partial charge in [0.05, 0.1) is 13.0 Å². The number of halogens is 1. The first kappa shape index (κ1) is 18.3. The first-order valence-corrected chi connectivity index (χ1v) is 9.01. The number of nitrogens with zero attached hydrogens (tertiary/aromatic N) is 3. The lowest BCUT2D eigenvalue weighted by Crippen LogP contribution is -2.29. The summed E-state index contributed by atoms with van der Waals surface area (Å²) in [6.07, 6.45) is -0.0376. The maximum absolute atomic E-state index is 12.4. The number of H-pyrrole nitrogens is 1. The van der Waals surface area contributed by atoms with Gasteiger partial charge in [0.15, 0.2) is 16.3 Å². The van der Waals surface area contributed by atoms with Crippen molar-refractivity contribution in [3.8, 4) is 0 Å². The van der Waals surface area contributed by atoms with Crippen LogP contribution in [-0.2, 0) is 18.4 Å². The van der Waals surface area contributed by atoms with Crippen molar-refractivity contribution in [2.24, 2.45) is 7.05 Å². The third-order valence-electron chi connectivity index (χ3n) is 3.77. The number of carboxylic acids is 1. The topological polar surface area (TPSA) is 110 Å². The van der Waals surface area contributed by atoms with Gasteiger partial charge in [0.25, 0.3) is 5.56 Å². The Morgan fingerprint density at radius 3 is 2.65 bits per heavy atom. The van der Waals surface area contributed by atoms with E-state index in [1.807, 2.05) is 12.1 Å². The molecular formula is C16H15ClN4O4S. The number of aryl methyl sites for hydroxylation is 1. The Morgan fingerprint density at radius 2 is 2.00 bits per heavy atom. The summed E-state index contributed by atoms with van der Waals surface area (Å²) in [5.74, 6) is -0.617.